The van der Waals surface area contributed by atoms with Crippen LogP contribution in [0.1, 0.15) is 5.56 Å². The van der Waals surface area contributed by atoms with Gasteiger partial charge >= 0.3 is 6.18 Å². The zero-order chi connectivity index (χ0) is 17.7. The number of benzene rings is 1. The van der Waals surface area contributed by atoms with Crippen LogP contribution in [0.5, 0.6) is 0 Å². The molecule has 2 N–H and O–H groups in total. The van der Waals surface area contributed by atoms with Crippen LogP contribution < -0.4 is 5.73 Å². The molecule has 24 heavy (non-hydrogen) atoms. The Kier molecular flexibility index (Phi) is 3.44. The first kappa shape index (κ1) is 16.1. The average molecular weight is 358 g/mol. The molecule has 0 radical (unpaired) electrons. The first-order valence-corrected chi connectivity index (χ1v) is 8.23. The average Bonchev–Trinajstić information content (AvgIpc) is 2.90. The summed E-state index contributed by atoms with van der Waals surface area (Å²) in [4.78, 5) is 11.2. The minimum absolute atomic E-state index is 0.0793. The van der Waals surface area contributed by atoms with Gasteiger partial charge in [-0.25, -0.2) is 8.42 Å². The standard InChI is InChI=1S/C12H9F3N6O2S/c1-24(22,23)11-18-9(16)21-10(19-11)17-8(20-21)6-3-2-4-7(5-6)12(13,14)15/h2-5H,1H3,(H2,16,17,18,19,20). The Balaban J connectivity index is 2.17. The predicted octanol–water partition coefficient (Wildman–Crippen LogP) is 1.19. The van der Waals surface area contributed by atoms with Crippen LogP contribution in [-0.4, -0.2) is 39.2 Å². The molecule has 2 aromatic heterocycles. The molecule has 12 heteroatoms. The number of nitrogens with two attached hydrogens (primary N) is 1. The number of aromatic nitrogens is 5. The van der Waals surface area contributed by atoms with Crippen molar-refractivity contribution in [3.8, 4) is 11.4 Å². The van der Waals surface area contributed by atoms with Crippen LogP contribution in [0.2, 0.25) is 0 Å². The van der Waals surface area contributed by atoms with E-state index in [1.165, 1.54) is 12.1 Å². The van der Waals surface area contributed by atoms with E-state index in [1.54, 1.807) is 0 Å². The fourth-order valence-electron chi connectivity index (χ4n) is 1.91. The highest BCUT2D eigenvalue weighted by atomic mass is 32.2. The lowest BCUT2D eigenvalue weighted by Crippen LogP contribution is -2.11. The monoisotopic (exact) mass is 358 g/mol. The molecule has 1 aromatic carbocycles. The Hall–Kier alpha value is -2.76. The van der Waals surface area contributed by atoms with Gasteiger partial charge < -0.3 is 5.73 Å². The van der Waals surface area contributed by atoms with Crippen molar-refractivity contribution in [2.75, 3.05) is 12.0 Å². The number of nitrogen functional groups attached to an aromatic ring is 1. The molecular weight excluding hydrogens is 349 g/mol. The SMILES string of the molecule is CS(=O)(=O)c1nc(N)n2nc(-c3cccc(C(F)(F)F)c3)nc2n1. The summed E-state index contributed by atoms with van der Waals surface area (Å²) in [5, 5.41) is 3.38. The van der Waals surface area contributed by atoms with Crippen molar-refractivity contribution in [1.82, 2.24) is 24.6 Å². The van der Waals surface area contributed by atoms with Crippen LogP contribution in [0.15, 0.2) is 29.4 Å². The summed E-state index contributed by atoms with van der Waals surface area (Å²) in [6.07, 6.45) is -3.63. The van der Waals surface area contributed by atoms with Gasteiger partial charge in [0.05, 0.1) is 5.56 Å². The van der Waals surface area contributed by atoms with E-state index in [1.807, 2.05) is 0 Å². The summed E-state index contributed by atoms with van der Waals surface area (Å²) in [6.45, 7) is 0. The third-order valence-electron chi connectivity index (χ3n) is 2.99. The maximum absolute atomic E-state index is 12.8. The highest BCUT2D eigenvalue weighted by Crippen LogP contribution is 2.31. The molecule has 0 amide bonds. The van der Waals surface area contributed by atoms with Gasteiger partial charge in [0.25, 0.3) is 10.9 Å². The molecular formula is C12H9F3N6O2S. The number of hydrogen-bond donors (Lipinski definition) is 1. The molecule has 126 valence electrons. The summed E-state index contributed by atoms with van der Waals surface area (Å²) in [6, 6.07) is 4.37. The molecule has 0 unspecified atom stereocenters. The van der Waals surface area contributed by atoms with Crippen LogP contribution in [0.25, 0.3) is 17.2 Å². The van der Waals surface area contributed by atoms with Crippen molar-refractivity contribution >= 4 is 21.6 Å². The van der Waals surface area contributed by atoms with E-state index in [0.717, 1.165) is 22.9 Å². The summed E-state index contributed by atoms with van der Waals surface area (Å²) < 4.78 is 62.3. The second-order valence-electron chi connectivity index (χ2n) is 4.86. The summed E-state index contributed by atoms with van der Waals surface area (Å²) in [5.74, 6) is -0.575. The fraction of sp³-hybridized carbons (Fsp3) is 0.167. The van der Waals surface area contributed by atoms with Gasteiger partial charge in [-0.15, -0.1) is 5.10 Å². The minimum Gasteiger partial charge on any atom is -0.368 e. The molecule has 0 saturated heterocycles. The van der Waals surface area contributed by atoms with Crippen LogP contribution in [0.3, 0.4) is 0 Å². The second kappa shape index (κ2) is 5.12. The fourth-order valence-corrected chi connectivity index (χ4v) is 2.42. The van der Waals surface area contributed by atoms with Crippen molar-refractivity contribution in [2.45, 2.75) is 11.3 Å². The van der Waals surface area contributed by atoms with Crippen molar-refractivity contribution in [1.29, 1.82) is 0 Å². The molecule has 0 saturated carbocycles. The number of halogens is 3. The number of hydrogen-bond acceptors (Lipinski definition) is 7. The van der Waals surface area contributed by atoms with E-state index in [0.29, 0.717) is 0 Å². The molecule has 2 heterocycles. The largest absolute Gasteiger partial charge is 0.416 e. The normalized spacial score (nSPS) is 12.7. The van der Waals surface area contributed by atoms with Gasteiger partial charge in [0.15, 0.2) is 5.82 Å². The highest BCUT2D eigenvalue weighted by molar-refractivity contribution is 7.90. The maximum Gasteiger partial charge on any atom is 0.416 e. The quantitative estimate of drug-likeness (QED) is 0.731. The van der Waals surface area contributed by atoms with Gasteiger partial charge in [-0.1, -0.05) is 12.1 Å². The van der Waals surface area contributed by atoms with E-state index in [4.69, 9.17) is 5.73 Å². The van der Waals surface area contributed by atoms with Crippen molar-refractivity contribution in [2.24, 2.45) is 0 Å². The first-order chi connectivity index (χ1) is 11.1. The summed E-state index contributed by atoms with van der Waals surface area (Å²) in [5.41, 5.74) is 4.82. The molecule has 0 bridgehead atoms. The zero-order valence-corrected chi connectivity index (χ0v) is 12.8. The maximum atomic E-state index is 12.8. The molecule has 0 spiro atoms. The lowest BCUT2D eigenvalue weighted by molar-refractivity contribution is -0.137. The minimum atomic E-state index is -4.52. The summed E-state index contributed by atoms with van der Waals surface area (Å²) >= 11 is 0. The Labute approximate surface area is 133 Å². The lowest BCUT2D eigenvalue weighted by atomic mass is 10.1. The van der Waals surface area contributed by atoms with E-state index >= 15 is 0 Å². The topological polar surface area (TPSA) is 116 Å². The highest BCUT2D eigenvalue weighted by Gasteiger charge is 2.30. The van der Waals surface area contributed by atoms with E-state index in [2.05, 4.69) is 20.1 Å². The molecule has 0 aliphatic rings. The molecule has 0 aliphatic heterocycles. The predicted molar refractivity (Wildman–Crippen MR) is 76.5 cm³/mol. The number of fused-ring (bicyclic) bond motifs is 1. The zero-order valence-electron chi connectivity index (χ0n) is 12.0. The molecule has 3 aromatic rings. The van der Waals surface area contributed by atoms with E-state index in [9.17, 15) is 21.6 Å². The van der Waals surface area contributed by atoms with Gasteiger partial charge in [-0.2, -0.15) is 32.6 Å². The van der Waals surface area contributed by atoms with E-state index < -0.39 is 26.7 Å². The van der Waals surface area contributed by atoms with Crippen LogP contribution in [0.4, 0.5) is 19.1 Å². The molecule has 0 aliphatic carbocycles. The Morgan fingerprint density at radius 3 is 2.50 bits per heavy atom. The van der Waals surface area contributed by atoms with Gasteiger partial charge in [0.2, 0.25) is 15.8 Å². The Bertz CT molecular complexity index is 1040. The first-order valence-electron chi connectivity index (χ1n) is 6.34. The van der Waals surface area contributed by atoms with Gasteiger partial charge in [0, 0.05) is 11.8 Å². The molecule has 0 atom stereocenters. The second-order valence-corrected chi connectivity index (χ2v) is 6.77. The van der Waals surface area contributed by atoms with Crippen LogP contribution in [-0.2, 0) is 16.0 Å². The Morgan fingerprint density at radius 1 is 1.17 bits per heavy atom. The summed E-state index contributed by atoms with van der Waals surface area (Å²) in [7, 11) is -3.73. The number of rotatable bonds is 2. The van der Waals surface area contributed by atoms with Crippen LogP contribution in [0, 0.1) is 0 Å². The Morgan fingerprint density at radius 2 is 1.88 bits per heavy atom. The molecule has 0 fully saturated rings. The lowest BCUT2D eigenvalue weighted by Gasteiger charge is -2.06. The van der Waals surface area contributed by atoms with Crippen molar-refractivity contribution in [3.05, 3.63) is 29.8 Å². The van der Waals surface area contributed by atoms with E-state index in [-0.39, 0.29) is 23.1 Å². The third-order valence-corrected chi connectivity index (χ3v) is 3.84. The molecule has 3 rings (SSSR count). The van der Waals surface area contributed by atoms with Crippen LogP contribution >= 0.6 is 0 Å². The number of sulfone groups is 1. The molecule has 8 nitrogen and oxygen atoms in total. The van der Waals surface area contributed by atoms with Gasteiger partial charge in [0.1, 0.15) is 0 Å². The number of nitrogens with zero attached hydrogens (tertiary/aromatic N) is 5. The van der Waals surface area contributed by atoms with Crippen molar-refractivity contribution in [3.63, 3.8) is 0 Å². The smallest absolute Gasteiger partial charge is 0.368 e. The van der Waals surface area contributed by atoms with Gasteiger partial charge in [-0.05, 0) is 12.1 Å². The number of anilines is 1. The third kappa shape index (κ3) is 2.87. The van der Waals surface area contributed by atoms with Crippen molar-refractivity contribution < 1.29 is 21.6 Å². The number of alkyl halides is 3. The van der Waals surface area contributed by atoms with Gasteiger partial charge in [-0.3, -0.25) is 0 Å².